The molecule has 14 heteroatoms. The third kappa shape index (κ3) is 42.4. The average Bonchev–Trinajstić information content (AvgIpc) is 2.31. The second kappa shape index (κ2) is 58.3. The first-order chi connectivity index (χ1) is 42.6. The molecule has 9 N–H and O–H groups in total. The highest BCUT2D eigenvalue weighted by Crippen LogP contribution is 2.30. The van der Waals surface area contributed by atoms with Crippen LogP contribution in [0.5, 0.6) is 0 Å². The van der Waals surface area contributed by atoms with E-state index >= 15 is 0 Å². The van der Waals surface area contributed by atoms with Gasteiger partial charge in [0.05, 0.1) is 32.0 Å². The topological polar surface area (TPSA) is 228 Å². The van der Waals surface area contributed by atoms with Gasteiger partial charge in [-0.25, -0.2) is 0 Å². The number of hydrogen-bond acceptors (Lipinski definition) is 13. The lowest BCUT2D eigenvalue weighted by Crippen LogP contribution is -2.65. The summed E-state index contributed by atoms with van der Waals surface area (Å²) in [7, 11) is 0. The fraction of sp³-hybridized carbons (Fsp3) is 0.932. The van der Waals surface area contributed by atoms with Gasteiger partial charge in [-0.3, -0.25) is 4.79 Å². The van der Waals surface area contributed by atoms with E-state index < -0.39 is 86.8 Å². The first-order valence-corrected chi connectivity index (χ1v) is 37.1. The number of ether oxygens (including phenoxy) is 4. The van der Waals surface area contributed by atoms with Crippen LogP contribution in [-0.2, 0) is 23.7 Å². The normalized spacial score (nSPS) is 23.3. The minimum Gasteiger partial charge on any atom is -0.394 e. The third-order valence-corrected chi connectivity index (χ3v) is 18.4. The molecular formula is C73H139NO13. The summed E-state index contributed by atoms with van der Waals surface area (Å²) in [4.78, 5) is 13.3. The number of carbonyl (C=O) groups excluding carboxylic acids is 1. The van der Waals surface area contributed by atoms with Crippen LogP contribution in [0, 0.1) is 0 Å². The molecule has 2 saturated heterocycles. The molecule has 2 heterocycles. The van der Waals surface area contributed by atoms with Gasteiger partial charge in [-0.1, -0.05) is 314 Å². The van der Waals surface area contributed by atoms with E-state index in [-0.39, 0.29) is 12.5 Å². The van der Waals surface area contributed by atoms with Crippen LogP contribution in [-0.4, -0.2) is 140 Å². The van der Waals surface area contributed by atoms with Gasteiger partial charge in [0, 0.05) is 6.42 Å². The van der Waals surface area contributed by atoms with E-state index in [4.69, 9.17) is 18.9 Å². The maximum atomic E-state index is 13.3. The number of nitrogens with one attached hydrogen (secondary N) is 1. The van der Waals surface area contributed by atoms with Crippen molar-refractivity contribution in [2.45, 2.75) is 415 Å². The first kappa shape index (κ1) is 81.6. The smallest absolute Gasteiger partial charge is 0.220 e. The van der Waals surface area contributed by atoms with Crippen molar-refractivity contribution in [3.8, 4) is 0 Å². The van der Waals surface area contributed by atoms with E-state index in [1.165, 1.54) is 257 Å². The van der Waals surface area contributed by atoms with Crippen LogP contribution in [0.25, 0.3) is 0 Å². The van der Waals surface area contributed by atoms with E-state index in [1.807, 2.05) is 0 Å². The molecule has 0 spiro atoms. The van der Waals surface area contributed by atoms with Gasteiger partial charge in [0.25, 0.3) is 0 Å². The summed E-state index contributed by atoms with van der Waals surface area (Å²) in [5, 5.41) is 87.4. The lowest BCUT2D eigenvalue weighted by molar-refractivity contribution is -0.359. The molecule has 87 heavy (non-hydrogen) atoms. The number of unbranched alkanes of at least 4 members (excludes halogenated alkanes) is 45. The standard InChI is InChI=1S/C73H139NO13/c1-3-5-7-9-11-13-15-17-18-19-20-21-22-23-24-25-26-27-28-29-30-31-32-33-34-35-36-37-38-39-40-41-42-43-44-45-47-49-51-53-55-57-65(78)74-61(62(77)56-54-52-50-48-46-16-14-12-10-8-6-4-2)60-84-72-70(83)68(81)71(64(59-76)86-72)87-73-69(82)67(80)66(79)63(58-75)85-73/h15,17,19-20,61-64,66-73,75-77,79-83H,3-14,16,18,21-60H2,1-2H3,(H,74,78)/b17-15-,20-19-. The molecule has 2 aliphatic rings. The SMILES string of the molecule is CCCCCCC/C=C\C/C=C\CCCCCCCCCCCCCCCCCCCCCCCCCCCCCCCC(=O)NC(COC1OC(CO)C(OC2OC(CO)C(O)C(O)C2O)C(O)C1O)C(O)CCCCCCCCCCCCCC. The number of carbonyl (C=O) groups is 1. The van der Waals surface area contributed by atoms with Crippen molar-refractivity contribution >= 4 is 5.91 Å². The molecule has 0 aromatic carbocycles. The fourth-order valence-electron chi connectivity index (χ4n) is 12.5. The molecule has 0 bridgehead atoms. The molecule has 12 unspecified atom stereocenters. The van der Waals surface area contributed by atoms with Crippen molar-refractivity contribution in [2.24, 2.45) is 0 Å². The molecule has 12 atom stereocenters. The second-order valence-corrected chi connectivity index (χ2v) is 26.4. The van der Waals surface area contributed by atoms with Crippen LogP contribution in [0.15, 0.2) is 24.3 Å². The second-order valence-electron chi connectivity index (χ2n) is 26.4. The quantitative estimate of drug-likeness (QED) is 0.0204. The Morgan fingerprint density at radius 1 is 0.414 bits per heavy atom. The maximum absolute atomic E-state index is 13.3. The van der Waals surface area contributed by atoms with E-state index in [0.717, 1.165) is 57.8 Å². The van der Waals surface area contributed by atoms with Gasteiger partial charge in [-0.05, 0) is 44.9 Å². The molecule has 2 fully saturated rings. The molecular weight excluding hydrogens is 1100 g/mol. The fourth-order valence-corrected chi connectivity index (χ4v) is 12.5. The van der Waals surface area contributed by atoms with Crippen molar-refractivity contribution in [3.05, 3.63) is 24.3 Å². The van der Waals surface area contributed by atoms with E-state index in [9.17, 15) is 45.6 Å². The zero-order valence-corrected chi connectivity index (χ0v) is 56.0. The average molecular weight is 1240 g/mol. The molecule has 0 aromatic heterocycles. The van der Waals surface area contributed by atoms with Crippen molar-refractivity contribution in [2.75, 3.05) is 19.8 Å². The van der Waals surface area contributed by atoms with E-state index in [1.54, 1.807) is 0 Å². The predicted molar refractivity (Wildman–Crippen MR) is 355 cm³/mol. The summed E-state index contributed by atoms with van der Waals surface area (Å²) < 4.78 is 22.9. The minimum absolute atomic E-state index is 0.200. The Hall–Kier alpha value is -1.53. The van der Waals surface area contributed by atoms with E-state index in [0.29, 0.717) is 12.8 Å². The van der Waals surface area contributed by atoms with Gasteiger partial charge < -0.3 is 65.1 Å². The highest BCUT2D eigenvalue weighted by molar-refractivity contribution is 5.76. The van der Waals surface area contributed by atoms with Gasteiger partial charge in [0.2, 0.25) is 5.91 Å². The predicted octanol–water partition coefficient (Wildman–Crippen LogP) is 15.5. The molecule has 0 aromatic rings. The maximum Gasteiger partial charge on any atom is 0.220 e. The Morgan fingerprint density at radius 2 is 0.759 bits per heavy atom. The van der Waals surface area contributed by atoms with Gasteiger partial charge in [-0.15, -0.1) is 0 Å². The molecule has 0 saturated carbocycles. The molecule has 1 amide bonds. The molecule has 2 aliphatic heterocycles. The lowest BCUT2D eigenvalue weighted by Gasteiger charge is -2.46. The Kier molecular flexibility index (Phi) is 54.7. The molecule has 2 rings (SSSR count). The van der Waals surface area contributed by atoms with Crippen LogP contribution in [0.1, 0.15) is 341 Å². The van der Waals surface area contributed by atoms with Crippen LogP contribution in [0.3, 0.4) is 0 Å². The summed E-state index contributed by atoms with van der Waals surface area (Å²) in [5.74, 6) is -0.200. The molecule has 14 nitrogen and oxygen atoms in total. The number of hydrogen-bond donors (Lipinski definition) is 9. The lowest BCUT2D eigenvalue weighted by atomic mass is 9.97. The number of allylic oxidation sites excluding steroid dienone is 4. The van der Waals surface area contributed by atoms with Gasteiger partial charge in [0.1, 0.15) is 48.8 Å². The summed E-state index contributed by atoms with van der Waals surface area (Å²) >= 11 is 0. The zero-order chi connectivity index (χ0) is 63.1. The van der Waals surface area contributed by atoms with E-state index in [2.05, 4.69) is 43.5 Å². The molecule has 0 radical (unpaired) electrons. The van der Waals surface area contributed by atoms with Crippen molar-refractivity contribution < 1.29 is 64.6 Å². The number of rotatable bonds is 62. The van der Waals surface area contributed by atoms with Crippen LogP contribution in [0.2, 0.25) is 0 Å². The highest BCUT2D eigenvalue weighted by Gasteiger charge is 2.51. The third-order valence-electron chi connectivity index (χ3n) is 18.4. The highest BCUT2D eigenvalue weighted by atomic mass is 16.7. The van der Waals surface area contributed by atoms with Gasteiger partial charge >= 0.3 is 0 Å². The van der Waals surface area contributed by atoms with Gasteiger partial charge in [-0.2, -0.15) is 0 Å². The summed E-state index contributed by atoms with van der Waals surface area (Å²) in [6.07, 6.45) is 56.8. The molecule has 514 valence electrons. The Balaban J connectivity index is 1.50. The number of aliphatic hydroxyl groups excluding tert-OH is 8. The van der Waals surface area contributed by atoms with Crippen LogP contribution >= 0.6 is 0 Å². The van der Waals surface area contributed by atoms with Crippen LogP contribution < -0.4 is 5.32 Å². The van der Waals surface area contributed by atoms with Crippen molar-refractivity contribution in [1.29, 1.82) is 0 Å². The monoisotopic (exact) mass is 1240 g/mol. The Morgan fingerprint density at radius 3 is 1.15 bits per heavy atom. The molecule has 0 aliphatic carbocycles. The van der Waals surface area contributed by atoms with Crippen LogP contribution in [0.4, 0.5) is 0 Å². The van der Waals surface area contributed by atoms with Gasteiger partial charge in [0.15, 0.2) is 12.6 Å². The number of aliphatic hydroxyl groups is 8. The Bertz CT molecular complexity index is 1550. The van der Waals surface area contributed by atoms with Crippen molar-refractivity contribution in [3.63, 3.8) is 0 Å². The largest absolute Gasteiger partial charge is 0.394 e. The minimum atomic E-state index is -1.78. The zero-order valence-electron chi connectivity index (χ0n) is 56.0. The summed E-state index contributed by atoms with van der Waals surface area (Å²) in [6, 6.07) is -0.824. The number of amides is 1. The summed E-state index contributed by atoms with van der Waals surface area (Å²) in [6.45, 7) is 2.88. The Labute approximate surface area is 532 Å². The summed E-state index contributed by atoms with van der Waals surface area (Å²) in [5.41, 5.74) is 0. The van der Waals surface area contributed by atoms with Crippen molar-refractivity contribution in [1.82, 2.24) is 5.32 Å². The first-order valence-electron chi connectivity index (χ1n) is 37.1.